The second kappa shape index (κ2) is 17.3. The minimum absolute atomic E-state index is 0.0267. The maximum Gasteiger partial charge on any atom is 0.407 e. The zero-order valence-electron chi connectivity index (χ0n) is 36.5. The Morgan fingerprint density at radius 2 is 1.11 bits per heavy atom. The predicted octanol–water partition coefficient (Wildman–Crippen LogP) is 6.22. The molecule has 2 saturated carbocycles. The van der Waals surface area contributed by atoms with Crippen molar-refractivity contribution in [1.82, 2.24) is 45.4 Å². The summed E-state index contributed by atoms with van der Waals surface area (Å²) < 4.78 is 21.9. The highest BCUT2D eigenvalue weighted by Crippen LogP contribution is 2.50. The fourth-order valence-corrected chi connectivity index (χ4v) is 10.6. The molecule has 10 rings (SSSR count). The van der Waals surface area contributed by atoms with Gasteiger partial charge in [0.05, 0.1) is 67.0 Å². The first-order valence-corrected chi connectivity index (χ1v) is 22.9. The van der Waals surface area contributed by atoms with Crippen LogP contribution in [0.4, 0.5) is 9.59 Å². The second-order valence-electron chi connectivity index (χ2n) is 18.5. The van der Waals surface area contributed by atoms with Crippen molar-refractivity contribution in [2.45, 2.75) is 112 Å². The summed E-state index contributed by atoms with van der Waals surface area (Å²) in [5.41, 5.74) is 4.93. The fourth-order valence-electron chi connectivity index (χ4n) is 10.6. The van der Waals surface area contributed by atoms with Crippen molar-refractivity contribution in [3.63, 3.8) is 0 Å². The van der Waals surface area contributed by atoms with Crippen LogP contribution in [-0.2, 0) is 28.5 Å². The third-order valence-electron chi connectivity index (χ3n) is 14.5. The Hall–Kier alpha value is -5.81. The molecule has 3 aromatic heterocycles. The average Bonchev–Trinajstić information content (AvgIpc) is 3.82. The highest BCUT2D eigenvalue weighted by Gasteiger charge is 2.53. The zero-order valence-corrected chi connectivity index (χ0v) is 36.5. The standard InChI is InChI=1S/C47H57N9O8/c1-61-44(59)53-38(30-13-21-63-46(23-30)15-16-46)42(57)55-19-3-5-36(55)40-49-26-34(51-40)29-9-7-28(8-10-29)33-12-11-32(25-48-33)35-27-50-41(52-35)37-6-4-20-56(37)43(58)39(54-45(60)62-2)31-14-22-64-47(24-31)17-18-47/h7-12,25-27,30-31,36-39H,3-6,13-24H2,1-2H3,(H,49,51)(H,50,52)(H,53,59)(H,54,60)/t30?,31?,36-,37-,38?,39?/m0/s1. The molecule has 6 atom stereocenters. The SMILES string of the molecule is COC(=O)NC(C(=O)N1CCC[C@H]1c1ncc(-c2ccc(-c3ccc(-c4cnc([C@@H]5CCCN5C(=O)C(NC(=O)OC)C5CCOC6(CC6)C5)[nH]4)cn3)cc2)[nH]1)C1CCOC2(CC2)C1. The fraction of sp³-hybridized carbons (Fsp3) is 0.553. The molecule has 4 N–H and O–H groups in total. The van der Waals surface area contributed by atoms with Gasteiger partial charge in [-0.3, -0.25) is 14.6 Å². The maximum absolute atomic E-state index is 14.2. The number of carbonyl (C=O) groups is 4. The molecule has 64 heavy (non-hydrogen) atoms. The molecule has 17 nitrogen and oxygen atoms in total. The van der Waals surface area contributed by atoms with E-state index in [2.05, 4.69) is 20.6 Å². The van der Waals surface area contributed by atoms with Gasteiger partial charge >= 0.3 is 12.2 Å². The molecule has 2 aliphatic carbocycles. The number of aromatic nitrogens is 5. The van der Waals surface area contributed by atoms with E-state index in [9.17, 15) is 19.2 Å². The number of amides is 4. The van der Waals surface area contributed by atoms with Crippen molar-refractivity contribution in [2.24, 2.45) is 11.8 Å². The van der Waals surface area contributed by atoms with Crippen LogP contribution in [0.1, 0.15) is 101 Å². The number of pyridine rings is 1. The molecular formula is C47H57N9O8. The Morgan fingerprint density at radius 1 is 0.641 bits per heavy atom. The molecule has 6 aliphatic rings. The third kappa shape index (κ3) is 8.47. The van der Waals surface area contributed by atoms with Gasteiger partial charge in [-0.25, -0.2) is 19.6 Å². The molecule has 338 valence electrons. The highest BCUT2D eigenvalue weighted by molar-refractivity contribution is 5.87. The molecule has 7 heterocycles. The van der Waals surface area contributed by atoms with E-state index in [-0.39, 0.29) is 46.9 Å². The molecule has 4 aliphatic heterocycles. The number of alkyl carbamates (subject to hydrolysis) is 2. The summed E-state index contributed by atoms with van der Waals surface area (Å²) in [5, 5.41) is 5.74. The van der Waals surface area contributed by atoms with Gasteiger partial charge in [-0.05, 0) is 107 Å². The largest absolute Gasteiger partial charge is 0.453 e. The number of likely N-dealkylation sites (tertiary alicyclic amines) is 2. The lowest BCUT2D eigenvalue weighted by Crippen LogP contribution is -2.54. The van der Waals surface area contributed by atoms with Crippen molar-refractivity contribution in [3.05, 3.63) is 66.6 Å². The van der Waals surface area contributed by atoms with E-state index in [0.29, 0.717) is 45.0 Å². The Labute approximate surface area is 371 Å². The van der Waals surface area contributed by atoms with Crippen molar-refractivity contribution >= 4 is 24.0 Å². The monoisotopic (exact) mass is 875 g/mol. The van der Waals surface area contributed by atoms with E-state index in [4.69, 9.17) is 33.9 Å². The summed E-state index contributed by atoms with van der Waals surface area (Å²) in [6, 6.07) is 10.2. The quantitative estimate of drug-likeness (QED) is 0.133. The number of rotatable bonds is 11. The van der Waals surface area contributed by atoms with Crippen molar-refractivity contribution < 1.29 is 38.1 Å². The van der Waals surface area contributed by atoms with Crippen LogP contribution in [0.5, 0.6) is 0 Å². The lowest BCUT2D eigenvalue weighted by atomic mass is 9.86. The van der Waals surface area contributed by atoms with Crippen LogP contribution < -0.4 is 10.6 Å². The lowest BCUT2D eigenvalue weighted by Gasteiger charge is -2.37. The lowest BCUT2D eigenvalue weighted by molar-refractivity contribution is -0.138. The number of ether oxygens (including phenoxy) is 4. The van der Waals surface area contributed by atoms with Crippen LogP contribution in [0, 0.1) is 11.8 Å². The highest BCUT2D eigenvalue weighted by atomic mass is 16.5. The average molecular weight is 876 g/mol. The summed E-state index contributed by atoms with van der Waals surface area (Å²) in [5.74, 6) is 1.16. The molecular weight excluding hydrogens is 819 g/mol. The normalized spacial score (nSPS) is 25.2. The number of carbonyl (C=O) groups excluding carboxylic acids is 4. The molecule has 4 unspecified atom stereocenters. The van der Waals surface area contributed by atoms with Crippen LogP contribution >= 0.6 is 0 Å². The van der Waals surface area contributed by atoms with Crippen LogP contribution in [0.25, 0.3) is 33.8 Å². The number of nitrogens with zero attached hydrogens (tertiary/aromatic N) is 5. The van der Waals surface area contributed by atoms with Gasteiger partial charge in [-0.1, -0.05) is 24.3 Å². The van der Waals surface area contributed by atoms with Crippen molar-refractivity contribution in [2.75, 3.05) is 40.5 Å². The molecule has 6 fully saturated rings. The maximum atomic E-state index is 14.2. The van der Waals surface area contributed by atoms with E-state index in [1.165, 1.54) is 14.2 Å². The zero-order chi connectivity index (χ0) is 44.0. The number of hydrogen-bond donors (Lipinski definition) is 4. The second-order valence-corrected chi connectivity index (χ2v) is 18.5. The van der Waals surface area contributed by atoms with Crippen molar-refractivity contribution in [1.29, 1.82) is 0 Å². The molecule has 4 amide bonds. The summed E-state index contributed by atoms with van der Waals surface area (Å²) in [6.07, 6.45) is 14.3. The van der Waals surface area contributed by atoms with Crippen LogP contribution in [0.2, 0.25) is 0 Å². The molecule has 0 radical (unpaired) electrons. The van der Waals surface area contributed by atoms with Gasteiger partial charge in [0, 0.05) is 43.6 Å². The number of hydrogen-bond acceptors (Lipinski definition) is 11. The van der Waals surface area contributed by atoms with Gasteiger partial charge in [0.25, 0.3) is 0 Å². The van der Waals surface area contributed by atoms with Gasteiger partial charge in [-0.2, -0.15) is 0 Å². The number of nitrogens with one attached hydrogen (secondary N) is 4. The summed E-state index contributed by atoms with van der Waals surface area (Å²) in [6.45, 7) is 2.33. The number of aromatic amines is 2. The van der Waals surface area contributed by atoms with E-state index in [1.54, 1.807) is 6.20 Å². The molecule has 4 saturated heterocycles. The Morgan fingerprint density at radius 3 is 1.56 bits per heavy atom. The first-order chi connectivity index (χ1) is 31.1. The van der Waals surface area contributed by atoms with Gasteiger partial charge in [-0.15, -0.1) is 0 Å². The Balaban J connectivity index is 0.787. The molecule has 2 spiro atoms. The molecule has 1 aromatic carbocycles. The minimum atomic E-state index is -0.693. The summed E-state index contributed by atoms with van der Waals surface area (Å²) in [7, 11) is 2.64. The van der Waals surface area contributed by atoms with Gasteiger partial charge in [0.15, 0.2) is 0 Å². The Bertz CT molecular complexity index is 2190. The summed E-state index contributed by atoms with van der Waals surface area (Å²) >= 11 is 0. The third-order valence-corrected chi connectivity index (χ3v) is 14.5. The van der Waals surface area contributed by atoms with Gasteiger partial charge in [0.2, 0.25) is 11.8 Å². The topological polar surface area (TPSA) is 206 Å². The number of imidazole rings is 2. The van der Waals surface area contributed by atoms with Crippen molar-refractivity contribution in [3.8, 4) is 33.8 Å². The van der Waals surface area contributed by atoms with E-state index in [1.807, 2.05) is 58.6 Å². The minimum Gasteiger partial charge on any atom is -0.453 e. The molecule has 17 heteroatoms. The molecule has 4 aromatic rings. The summed E-state index contributed by atoms with van der Waals surface area (Å²) in [4.78, 5) is 78.2. The number of methoxy groups -OCH3 is 2. The Kier molecular flexibility index (Phi) is 11.4. The van der Waals surface area contributed by atoms with E-state index >= 15 is 0 Å². The number of benzene rings is 1. The first-order valence-electron chi connectivity index (χ1n) is 22.9. The van der Waals surface area contributed by atoms with Crippen LogP contribution in [-0.4, -0.2) is 123 Å². The van der Waals surface area contributed by atoms with Gasteiger partial charge in [0.1, 0.15) is 23.7 Å². The number of H-pyrrole nitrogens is 2. The van der Waals surface area contributed by atoms with Crippen LogP contribution in [0.3, 0.4) is 0 Å². The molecule has 0 bridgehead atoms. The van der Waals surface area contributed by atoms with Gasteiger partial charge < -0.3 is 49.3 Å². The van der Waals surface area contributed by atoms with E-state index < -0.39 is 24.3 Å². The van der Waals surface area contributed by atoms with Crippen LogP contribution in [0.15, 0.2) is 55.0 Å². The van der Waals surface area contributed by atoms with E-state index in [0.717, 1.165) is 104 Å². The smallest absolute Gasteiger partial charge is 0.407 e. The predicted molar refractivity (Wildman–Crippen MR) is 232 cm³/mol. The first kappa shape index (κ1) is 42.2.